The lowest BCUT2D eigenvalue weighted by molar-refractivity contribution is -0.142. The number of likely N-dealkylation sites (tertiary alicyclic amines) is 1. The van der Waals surface area contributed by atoms with Crippen LogP contribution in [0.2, 0.25) is 0 Å². The third kappa shape index (κ3) is 5.09. The second kappa shape index (κ2) is 9.67. The molecule has 1 aliphatic carbocycles. The lowest BCUT2D eigenvalue weighted by Gasteiger charge is -2.30. The second-order valence-corrected chi connectivity index (χ2v) is 10.9. The van der Waals surface area contributed by atoms with Crippen molar-refractivity contribution in [2.45, 2.75) is 37.5 Å². The van der Waals surface area contributed by atoms with Gasteiger partial charge in [0.2, 0.25) is 16.0 Å². The average molecular weight is 536 g/mol. The van der Waals surface area contributed by atoms with Crippen molar-refractivity contribution >= 4 is 15.9 Å². The Balaban J connectivity index is 1.78. The lowest BCUT2D eigenvalue weighted by Crippen LogP contribution is -2.51. The summed E-state index contributed by atoms with van der Waals surface area (Å²) in [6.07, 6.45) is -1.75. The van der Waals surface area contributed by atoms with E-state index in [-0.39, 0.29) is 17.7 Å². The molecule has 0 bridgehead atoms. The predicted molar refractivity (Wildman–Crippen MR) is 116 cm³/mol. The van der Waals surface area contributed by atoms with Gasteiger partial charge < -0.3 is 10.0 Å². The van der Waals surface area contributed by atoms with Crippen molar-refractivity contribution in [3.8, 4) is 11.1 Å². The summed E-state index contributed by atoms with van der Waals surface area (Å²) in [5.74, 6) is -5.20. The molecule has 1 saturated heterocycles. The highest BCUT2D eigenvalue weighted by Gasteiger charge is 2.61. The number of nitrogens with zero attached hydrogens (tertiary/aromatic N) is 1. The molecule has 2 aliphatic rings. The van der Waals surface area contributed by atoms with Crippen LogP contribution in [0.4, 0.5) is 26.3 Å². The summed E-state index contributed by atoms with van der Waals surface area (Å²) in [6.45, 7) is -1.55. The van der Waals surface area contributed by atoms with Crippen LogP contribution in [0.15, 0.2) is 30.3 Å². The fourth-order valence-corrected chi connectivity index (χ4v) is 5.72. The highest BCUT2D eigenvalue weighted by atomic mass is 32.2. The van der Waals surface area contributed by atoms with Gasteiger partial charge in [-0.25, -0.2) is 39.5 Å². The number of aliphatic hydroxyl groups is 1. The zero-order chi connectivity index (χ0) is 26.4. The average Bonchev–Trinajstić information content (AvgIpc) is 3.54. The van der Waals surface area contributed by atoms with E-state index in [9.17, 15) is 40.3 Å². The molecular formula is C23H22F6N2O4S. The van der Waals surface area contributed by atoms with E-state index in [1.54, 1.807) is 0 Å². The zero-order valence-corrected chi connectivity index (χ0v) is 19.5. The molecule has 13 heteroatoms. The number of carbonyl (C=O) groups is 1. The van der Waals surface area contributed by atoms with Crippen LogP contribution in [0.25, 0.3) is 11.1 Å². The van der Waals surface area contributed by atoms with Gasteiger partial charge in [0, 0.05) is 29.6 Å². The number of hydrogen-bond acceptors (Lipinski definition) is 4. The number of benzene rings is 2. The van der Waals surface area contributed by atoms with Gasteiger partial charge in [-0.2, -0.15) is 0 Å². The van der Waals surface area contributed by atoms with Crippen LogP contribution in [0.3, 0.4) is 0 Å². The van der Waals surface area contributed by atoms with Crippen molar-refractivity contribution in [2.24, 2.45) is 5.41 Å². The maximum atomic E-state index is 15.5. The van der Waals surface area contributed by atoms with Crippen molar-refractivity contribution in [1.82, 2.24) is 9.62 Å². The van der Waals surface area contributed by atoms with Crippen LogP contribution in [0.5, 0.6) is 0 Å². The molecule has 36 heavy (non-hydrogen) atoms. The molecular weight excluding hydrogens is 514 g/mol. The Bertz CT molecular complexity index is 1270. The Kier molecular flexibility index (Phi) is 7.10. The maximum absolute atomic E-state index is 15.5. The Morgan fingerprint density at radius 2 is 1.67 bits per heavy atom. The van der Waals surface area contributed by atoms with Gasteiger partial charge >= 0.3 is 0 Å². The first-order valence-corrected chi connectivity index (χ1v) is 12.6. The summed E-state index contributed by atoms with van der Waals surface area (Å²) in [5, 5.41) is 9.80. The van der Waals surface area contributed by atoms with E-state index < -0.39 is 87.5 Å². The van der Waals surface area contributed by atoms with E-state index >= 15 is 4.39 Å². The first kappa shape index (κ1) is 26.4. The van der Waals surface area contributed by atoms with Crippen LogP contribution in [-0.2, 0) is 21.2 Å². The van der Waals surface area contributed by atoms with E-state index in [2.05, 4.69) is 4.72 Å². The standard InChI is InChI=1S/C23H22F6N2O4S/c24-9-19(32)22(33)31-10-23(1-2-23)21(30-36(34,35)11-25)18(31)6-13-5-16(28)8-17(20(13)29)12-3-14(26)7-15(27)4-12/h3-5,7-8,18-19,21,30,32H,1-2,6,9-11H2/t18-,19+,21+/m0/s1. The summed E-state index contributed by atoms with van der Waals surface area (Å²) in [5.41, 5.74) is -2.00. The fraction of sp³-hybridized carbons (Fsp3) is 0.435. The van der Waals surface area contributed by atoms with E-state index in [0.29, 0.717) is 18.9 Å². The largest absolute Gasteiger partial charge is 0.381 e. The van der Waals surface area contributed by atoms with E-state index in [0.717, 1.165) is 29.2 Å². The minimum atomic E-state index is -4.46. The van der Waals surface area contributed by atoms with Crippen molar-refractivity contribution in [3.05, 3.63) is 59.2 Å². The molecule has 1 saturated carbocycles. The second-order valence-electron chi connectivity index (χ2n) is 9.17. The maximum Gasteiger partial charge on any atom is 0.254 e. The number of halogens is 6. The van der Waals surface area contributed by atoms with Gasteiger partial charge in [-0.05, 0) is 54.7 Å². The molecule has 4 rings (SSSR count). The minimum Gasteiger partial charge on any atom is -0.381 e. The van der Waals surface area contributed by atoms with Gasteiger partial charge in [-0.1, -0.05) is 0 Å². The third-order valence-corrected chi connectivity index (χ3v) is 7.60. The monoisotopic (exact) mass is 536 g/mol. The van der Waals surface area contributed by atoms with E-state index in [4.69, 9.17) is 0 Å². The summed E-state index contributed by atoms with van der Waals surface area (Å²) < 4.78 is 110. The van der Waals surface area contributed by atoms with Crippen LogP contribution in [0.1, 0.15) is 18.4 Å². The normalized spacial score (nSPS) is 21.7. The van der Waals surface area contributed by atoms with Gasteiger partial charge in [-0.3, -0.25) is 4.79 Å². The number of sulfonamides is 1. The highest BCUT2D eigenvalue weighted by Crippen LogP contribution is 2.55. The summed E-state index contributed by atoms with van der Waals surface area (Å²) in [7, 11) is -4.46. The molecule has 0 aromatic heterocycles. The Morgan fingerprint density at radius 1 is 1.06 bits per heavy atom. The molecule has 3 atom stereocenters. The topological polar surface area (TPSA) is 86.7 Å². The molecule has 6 nitrogen and oxygen atoms in total. The highest BCUT2D eigenvalue weighted by molar-refractivity contribution is 7.89. The molecule has 2 N–H and O–H groups in total. The molecule has 2 aromatic rings. The number of hydrogen-bond donors (Lipinski definition) is 2. The summed E-state index contributed by atoms with van der Waals surface area (Å²) >= 11 is 0. The number of amides is 1. The molecule has 0 unspecified atom stereocenters. The minimum absolute atomic E-state index is 0.119. The zero-order valence-electron chi connectivity index (χ0n) is 18.7. The van der Waals surface area contributed by atoms with Gasteiger partial charge in [0.1, 0.15) is 29.9 Å². The van der Waals surface area contributed by atoms with Crippen molar-refractivity contribution in [1.29, 1.82) is 0 Å². The van der Waals surface area contributed by atoms with Crippen molar-refractivity contribution < 1.29 is 44.7 Å². The van der Waals surface area contributed by atoms with Crippen LogP contribution < -0.4 is 4.72 Å². The smallest absolute Gasteiger partial charge is 0.254 e. The third-order valence-electron chi connectivity index (χ3n) is 6.70. The number of alkyl halides is 2. The Hall–Kier alpha value is -2.64. The van der Waals surface area contributed by atoms with Crippen LogP contribution in [0, 0.1) is 28.7 Å². The summed E-state index contributed by atoms with van der Waals surface area (Å²) in [6, 6.07) is -0.490. The Labute approximate surface area is 203 Å². The SMILES string of the molecule is O=C([C@H](O)CF)N1CC2(CC2)[C@H](NS(=O)(=O)CF)[C@@H]1Cc1cc(F)cc(-c2cc(F)cc(F)c2)c1F. The fourth-order valence-electron chi connectivity index (χ4n) is 4.87. The molecule has 2 aromatic carbocycles. The molecule has 1 spiro atoms. The van der Waals surface area contributed by atoms with Crippen LogP contribution in [-0.4, -0.2) is 61.7 Å². The number of rotatable bonds is 8. The van der Waals surface area contributed by atoms with E-state index in [1.807, 2.05) is 0 Å². The number of aliphatic hydroxyl groups excluding tert-OH is 1. The molecule has 1 aliphatic heterocycles. The molecule has 1 heterocycles. The van der Waals surface area contributed by atoms with Crippen LogP contribution >= 0.6 is 0 Å². The van der Waals surface area contributed by atoms with Gasteiger partial charge in [-0.15, -0.1) is 0 Å². The van der Waals surface area contributed by atoms with Crippen molar-refractivity contribution in [3.63, 3.8) is 0 Å². The summed E-state index contributed by atoms with van der Waals surface area (Å²) in [4.78, 5) is 13.7. The molecule has 196 valence electrons. The Morgan fingerprint density at radius 3 is 2.22 bits per heavy atom. The number of nitrogens with one attached hydrogen (secondary N) is 1. The number of carbonyl (C=O) groups excluding carboxylic acids is 1. The van der Waals surface area contributed by atoms with Gasteiger partial charge in [0.25, 0.3) is 5.91 Å². The van der Waals surface area contributed by atoms with Gasteiger partial charge in [0.05, 0.1) is 6.04 Å². The lowest BCUT2D eigenvalue weighted by atomic mass is 9.91. The van der Waals surface area contributed by atoms with Crippen molar-refractivity contribution in [2.75, 3.05) is 19.2 Å². The molecule has 1 amide bonds. The first-order valence-electron chi connectivity index (χ1n) is 10.9. The predicted octanol–water partition coefficient (Wildman–Crippen LogP) is 2.99. The van der Waals surface area contributed by atoms with E-state index in [1.165, 1.54) is 0 Å². The van der Waals surface area contributed by atoms with Gasteiger partial charge in [0.15, 0.2) is 6.10 Å². The first-order chi connectivity index (χ1) is 16.9. The quantitative estimate of drug-likeness (QED) is 0.508. The molecule has 2 fully saturated rings. The molecule has 0 radical (unpaired) electrons.